The third-order valence-electron chi connectivity index (χ3n) is 5.38. The van der Waals surface area contributed by atoms with Crippen molar-refractivity contribution in [1.82, 2.24) is 9.62 Å². The summed E-state index contributed by atoms with van der Waals surface area (Å²) in [6.45, 7) is 9.96. The quantitative estimate of drug-likeness (QED) is 0.641. The maximum absolute atomic E-state index is 12.2. The maximum Gasteiger partial charge on any atom is 0.223 e. The van der Waals surface area contributed by atoms with Crippen molar-refractivity contribution in [2.24, 2.45) is 17.8 Å². The van der Waals surface area contributed by atoms with Gasteiger partial charge in [0.05, 0.1) is 25.9 Å². The lowest BCUT2D eigenvalue weighted by Gasteiger charge is -2.32. The Morgan fingerprint density at radius 3 is 2.29 bits per heavy atom. The molecule has 1 amide bonds. The fourth-order valence-electron chi connectivity index (χ4n) is 4.27. The Morgan fingerprint density at radius 2 is 1.75 bits per heavy atom. The molecule has 2 unspecified atom stereocenters. The van der Waals surface area contributed by atoms with Gasteiger partial charge < -0.3 is 10.2 Å². The Morgan fingerprint density at radius 1 is 1.17 bits per heavy atom. The lowest BCUT2D eigenvalue weighted by molar-refractivity contribution is -0.912. The first-order valence-electron chi connectivity index (χ1n) is 9.32. The Kier molecular flexibility index (Phi) is 7.07. The molecule has 7 heteroatoms. The number of quaternary nitrogens is 1. The van der Waals surface area contributed by atoms with E-state index in [0.29, 0.717) is 25.9 Å². The van der Waals surface area contributed by atoms with E-state index >= 15 is 0 Å². The number of piperidine rings is 2. The van der Waals surface area contributed by atoms with Crippen molar-refractivity contribution in [2.75, 3.05) is 45.5 Å². The molecule has 6 nitrogen and oxygen atoms in total. The standard InChI is InChI=1S/C17H33N3O3S/c1-14-11-15(2)13-19(12-14)8-4-7-18-17(21)16-5-9-20(10-6-16)24(3,22)23/h14-16H,4-13H2,1-3H3,(H,18,21)/p+1. The molecule has 2 N–H and O–H groups in total. The van der Waals surface area contributed by atoms with Gasteiger partial charge in [0.2, 0.25) is 15.9 Å². The van der Waals surface area contributed by atoms with E-state index in [9.17, 15) is 13.2 Å². The van der Waals surface area contributed by atoms with Crippen LogP contribution < -0.4 is 10.2 Å². The first-order valence-corrected chi connectivity index (χ1v) is 11.2. The molecule has 0 radical (unpaired) electrons. The van der Waals surface area contributed by atoms with E-state index in [2.05, 4.69) is 19.2 Å². The van der Waals surface area contributed by atoms with Crippen molar-refractivity contribution in [2.45, 2.75) is 39.5 Å². The normalized spacial score (nSPS) is 30.2. The largest absolute Gasteiger partial charge is 0.356 e. The summed E-state index contributed by atoms with van der Waals surface area (Å²) in [6, 6.07) is 0. The van der Waals surface area contributed by atoms with E-state index in [1.807, 2.05) is 0 Å². The predicted molar refractivity (Wildman–Crippen MR) is 95.3 cm³/mol. The summed E-state index contributed by atoms with van der Waals surface area (Å²) >= 11 is 0. The van der Waals surface area contributed by atoms with Crippen LogP contribution in [0.1, 0.15) is 39.5 Å². The maximum atomic E-state index is 12.2. The van der Waals surface area contributed by atoms with E-state index in [0.717, 1.165) is 31.3 Å². The molecule has 2 aliphatic rings. The predicted octanol–water partition coefficient (Wildman–Crippen LogP) is -0.275. The highest BCUT2D eigenvalue weighted by atomic mass is 32.2. The fourth-order valence-corrected chi connectivity index (χ4v) is 5.14. The molecule has 2 saturated heterocycles. The van der Waals surface area contributed by atoms with E-state index in [4.69, 9.17) is 0 Å². The van der Waals surface area contributed by atoms with Gasteiger partial charge in [0.1, 0.15) is 0 Å². The summed E-state index contributed by atoms with van der Waals surface area (Å²) in [5, 5.41) is 3.05. The van der Waals surface area contributed by atoms with Gasteiger partial charge in [-0.05, 0) is 19.3 Å². The minimum atomic E-state index is -3.12. The molecule has 2 atom stereocenters. The zero-order chi connectivity index (χ0) is 17.7. The molecule has 2 fully saturated rings. The van der Waals surface area contributed by atoms with Crippen LogP contribution in [0.2, 0.25) is 0 Å². The Labute approximate surface area is 147 Å². The molecule has 0 aromatic carbocycles. The number of nitrogens with one attached hydrogen (secondary N) is 2. The molecule has 140 valence electrons. The third-order valence-corrected chi connectivity index (χ3v) is 6.68. The van der Waals surface area contributed by atoms with Crippen molar-refractivity contribution in [1.29, 1.82) is 0 Å². The number of hydrogen-bond acceptors (Lipinski definition) is 3. The van der Waals surface area contributed by atoms with Gasteiger partial charge in [-0.25, -0.2) is 12.7 Å². The average Bonchev–Trinajstić information content (AvgIpc) is 2.50. The molecule has 0 spiro atoms. The third kappa shape index (κ3) is 6.01. The van der Waals surface area contributed by atoms with Crippen molar-refractivity contribution in [3.05, 3.63) is 0 Å². The molecule has 24 heavy (non-hydrogen) atoms. The number of likely N-dealkylation sites (tertiary alicyclic amines) is 1. The Bertz CT molecular complexity index is 505. The summed E-state index contributed by atoms with van der Waals surface area (Å²) in [4.78, 5) is 13.9. The number of carbonyl (C=O) groups excluding carboxylic acids is 1. The van der Waals surface area contributed by atoms with E-state index in [1.54, 1.807) is 4.90 Å². The highest BCUT2D eigenvalue weighted by Gasteiger charge is 2.29. The summed E-state index contributed by atoms with van der Waals surface area (Å²) in [5.41, 5.74) is 0. The first-order chi connectivity index (χ1) is 11.3. The van der Waals surface area contributed by atoms with Gasteiger partial charge in [-0.1, -0.05) is 13.8 Å². The Balaban J connectivity index is 1.62. The van der Waals surface area contributed by atoms with Gasteiger partial charge >= 0.3 is 0 Å². The van der Waals surface area contributed by atoms with Crippen LogP contribution in [-0.4, -0.2) is 64.2 Å². The van der Waals surface area contributed by atoms with Crippen molar-refractivity contribution >= 4 is 15.9 Å². The van der Waals surface area contributed by atoms with Crippen LogP contribution in [0, 0.1) is 17.8 Å². The van der Waals surface area contributed by atoms with E-state index in [-0.39, 0.29) is 11.8 Å². The SMILES string of the molecule is CC1CC(C)C[NH+](CCCNC(=O)C2CCN(S(C)(=O)=O)CC2)C1. The molecular weight excluding hydrogens is 326 g/mol. The van der Waals surface area contributed by atoms with Crippen LogP contribution >= 0.6 is 0 Å². The minimum absolute atomic E-state index is 0.0367. The summed E-state index contributed by atoms with van der Waals surface area (Å²) in [7, 11) is -3.12. The molecular formula is C17H34N3O3S+. The van der Waals surface area contributed by atoms with Crippen molar-refractivity contribution < 1.29 is 18.1 Å². The fraction of sp³-hybridized carbons (Fsp3) is 0.941. The highest BCUT2D eigenvalue weighted by molar-refractivity contribution is 7.88. The molecule has 0 bridgehead atoms. The topological polar surface area (TPSA) is 70.9 Å². The average molecular weight is 361 g/mol. The van der Waals surface area contributed by atoms with Crippen molar-refractivity contribution in [3.8, 4) is 0 Å². The second kappa shape index (κ2) is 8.63. The summed E-state index contributed by atoms with van der Waals surface area (Å²) < 4.78 is 24.5. The lowest BCUT2D eigenvalue weighted by Crippen LogP contribution is -3.14. The smallest absolute Gasteiger partial charge is 0.223 e. The highest BCUT2D eigenvalue weighted by Crippen LogP contribution is 2.19. The monoisotopic (exact) mass is 360 g/mol. The number of nitrogens with zero attached hydrogens (tertiary/aromatic N) is 1. The van der Waals surface area contributed by atoms with Gasteiger partial charge in [0.25, 0.3) is 0 Å². The summed E-state index contributed by atoms with van der Waals surface area (Å²) in [6.07, 6.45) is 4.85. The molecule has 0 saturated carbocycles. The summed E-state index contributed by atoms with van der Waals surface area (Å²) in [5.74, 6) is 1.67. The van der Waals surface area contributed by atoms with Crippen LogP contribution in [-0.2, 0) is 14.8 Å². The molecule has 0 aliphatic carbocycles. The number of hydrogen-bond donors (Lipinski definition) is 2. The molecule has 2 rings (SSSR count). The second-order valence-corrected chi connectivity index (χ2v) is 9.92. The van der Waals surface area contributed by atoms with Crippen LogP contribution in [0.5, 0.6) is 0 Å². The molecule has 0 aromatic rings. The first kappa shape index (κ1) is 19.7. The number of amides is 1. The van der Waals surface area contributed by atoms with E-state index in [1.165, 1.54) is 30.1 Å². The van der Waals surface area contributed by atoms with Crippen LogP contribution in [0.3, 0.4) is 0 Å². The van der Waals surface area contributed by atoms with Gasteiger partial charge in [-0.15, -0.1) is 0 Å². The molecule has 2 aliphatic heterocycles. The van der Waals surface area contributed by atoms with Gasteiger partial charge in [-0.2, -0.15) is 0 Å². The molecule has 2 heterocycles. The van der Waals surface area contributed by atoms with Crippen LogP contribution in [0.4, 0.5) is 0 Å². The van der Waals surface area contributed by atoms with E-state index < -0.39 is 10.0 Å². The van der Waals surface area contributed by atoms with Gasteiger partial charge in [-0.3, -0.25) is 4.79 Å². The molecule has 0 aromatic heterocycles. The zero-order valence-corrected chi connectivity index (χ0v) is 16.2. The van der Waals surface area contributed by atoms with Gasteiger partial charge in [0.15, 0.2) is 0 Å². The lowest BCUT2D eigenvalue weighted by atomic mass is 9.92. The van der Waals surface area contributed by atoms with Crippen LogP contribution in [0.25, 0.3) is 0 Å². The minimum Gasteiger partial charge on any atom is -0.356 e. The number of sulfonamides is 1. The number of carbonyl (C=O) groups is 1. The van der Waals surface area contributed by atoms with Crippen molar-refractivity contribution in [3.63, 3.8) is 0 Å². The van der Waals surface area contributed by atoms with Crippen LogP contribution in [0.15, 0.2) is 0 Å². The van der Waals surface area contributed by atoms with Gasteiger partial charge in [0, 0.05) is 43.8 Å². The number of rotatable bonds is 6. The Hall–Kier alpha value is -0.660. The zero-order valence-electron chi connectivity index (χ0n) is 15.4. The second-order valence-electron chi connectivity index (χ2n) is 7.94.